The highest BCUT2D eigenvalue weighted by Crippen LogP contribution is 2.16. The highest BCUT2D eigenvalue weighted by Gasteiger charge is 2.15. The molecule has 5 nitrogen and oxygen atoms in total. The van der Waals surface area contributed by atoms with Crippen LogP contribution < -0.4 is 10.2 Å². The van der Waals surface area contributed by atoms with Crippen molar-refractivity contribution in [3.63, 3.8) is 0 Å². The van der Waals surface area contributed by atoms with Gasteiger partial charge in [0.25, 0.3) is 5.91 Å². The van der Waals surface area contributed by atoms with Crippen LogP contribution in [0.5, 0.6) is 0 Å². The molecular weight excluding hydrogens is 252 g/mol. The summed E-state index contributed by atoms with van der Waals surface area (Å²) in [6.07, 6.45) is 1.59. The lowest BCUT2D eigenvalue weighted by molar-refractivity contribution is 0.0988. The summed E-state index contributed by atoms with van der Waals surface area (Å²) in [5, 5.41) is 11.7. The highest BCUT2D eigenvalue weighted by atomic mass is 16.2. The fraction of sp³-hybridized carbons (Fsp3) is 0.133. The topological polar surface area (TPSA) is 69.0 Å². The summed E-state index contributed by atoms with van der Waals surface area (Å²) in [6, 6.07) is 12.4. The molecule has 100 valence electrons. The van der Waals surface area contributed by atoms with Crippen molar-refractivity contribution in [2.24, 2.45) is 0 Å². The Balaban J connectivity index is 2.25. The fourth-order valence-electron chi connectivity index (χ4n) is 1.75. The van der Waals surface area contributed by atoms with Crippen molar-refractivity contribution in [1.29, 1.82) is 5.26 Å². The summed E-state index contributed by atoms with van der Waals surface area (Å²) in [7, 11) is 3.46. The molecule has 0 aliphatic heterocycles. The number of benzene rings is 1. The normalized spacial score (nSPS) is 9.65. The fourth-order valence-corrected chi connectivity index (χ4v) is 1.75. The van der Waals surface area contributed by atoms with E-state index in [0.717, 1.165) is 5.69 Å². The number of anilines is 2. The lowest BCUT2D eigenvalue weighted by Crippen LogP contribution is -2.27. The van der Waals surface area contributed by atoms with Gasteiger partial charge in [-0.2, -0.15) is 5.26 Å². The molecule has 0 atom stereocenters. The molecule has 1 amide bonds. The van der Waals surface area contributed by atoms with E-state index in [9.17, 15) is 4.79 Å². The second kappa shape index (κ2) is 5.85. The smallest absolute Gasteiger partial charge is 0.276 e. The van der Waals surface area contributed by atoms with E-state index in [4.69, 9.17) is 5.26 Å². The second-order valence-electron chi connectivity index (χ2n) is 4.20. The van der Waals surface area contributed by atoms with Crippen LogP contribution in [0.2, 0.25) is 0 Å². The lowest BCUT2D eigenvalue weighted by Gasteiger charge is -2.17. The van der Waals surface area contributed by atoms with E-state index in [-0.39, 0.29) is 5.91 Å². The third kappa shape index (κ3) is 2.75. The van der Waals surface area contributed by atoms with E-state index < -0.39 is 0 Å². The molecule has 0 radical (unpaired) electrons. The van der Waals surface area contributed by atoms with E-state index in [1.54, 1.807) is 56.7 Å². The van der Waals surface area contributed by atoms with Gasteiger partial charge in [-0.05, 0) is 36.4 Å². The lowest BCUT2D eigenvalue weighted by atomic mass is 10.2. The number of nitrogens with one attached hydrogen (secondary N) is 1. The van der Waals surface area contributed by atoms with Gasteiger partial charge in [-0.25, -0.2) is 0 Å². The molecule has 5 heteroatoms. The van der Waals surface area contributed by atoms with Crippen molar-refractivity contribution in [2.75, 3.05) is 24.3 Å². The molecule has 2 aromatic rings. The van der Waals surface area contributed by atoms with Gasteiger partial charge in [-0.3, -0.25) is 9.78 Å². The summed E-state index contributed by atoms with van der Waals surface area (Å²) < 4.78 is 0. The predicted octanol–water partition coefficient (Wildman–Crippen LogP) is 2.27. The molecule has 0 saturated heterocycles. The summed E-state index contributed by atoms with van der Waals surface area (Å²) >= 11 is 0. The van der Waals surface area contributed by atoms with Gasteiger partial charge in [-0.1, -0.05) is 0 Å². The molecule has 0 unspecified atom stereocenters. The van der Waals surface area contributed by atoms with Crippen LogP contribution in [0, 0.1) is 11.3 Å². The highest BCUT2D eigenvalue weighted by molar-refractivity contribution is 6.04. The predicted molar refractivity (Wildman–Crippen MR) is 77.7 cm³/mol. The number of carbonyl (C=O) groups excluding carboxylic acids is 1. The average Bonchev–Trinajstić information content (AvgIpc) is 2.53. The van der Waals surface area contributed by atoms with Gasteiger partial charge >= 0.3 is 0 Å². The Bertz CT molecular complexity index is 658. The largest absolute Gasteiger partial charge is 0.388 e. The minimum atomic E-state index is -0.202. The number of rotatable bonds is 3. The quantitative estimate of drug-likeness (QED) is 0.925. The van der Waals surface area contributed by atoms with E-state index in [1.165, 1.54) is 4.90 Å². The zero-order valence-electron chi connectivity index (χ0n) is 11.3. The molecule has 1 N–H and O–H groups in total. The Kier molecular flexibility index (Phi) is 3.96. The van der Waals surface area contributed by atoms with Gasteiger partial charge in [0, 0.05) is 31.7 Å². The van der Waals surface area contributed by atoms with Crippen molar-refractivity contribution in [3.8, 4) is 6.07 Å². The van der Waals surface area contributed by atoms with Crippen molar-refractivity contribution in [2.45, 2.75) is 0 Å². The summed E-state index contributed by atoms with van der Waals surface area (Å²) in [5.74, 6) is -0.202. The Labute approximate surface area is 117 Å². The molecule has 1 aromatic carbocycles. The average molecular weight is 266 g/mol. The molecule has 0 fully saturated rings. The Morgan fingerprint density at radius 2 is 2.00 bits per heavy atom. The summed E-state index contributed by atoms with van der Waals surface area (Å²) in [5.41, 5.74) is 2.47. The van der Waals surface area contributed by atoms with Crippen LogP contribution in [0.3, 0.4) is 0 Å². The number of nitriles is 1. The Hall–Kier alpha value is -2.87. The van der Waals surface area contributed by atoms with Crippen LogP contribution in [0.15, 0.2) is 42.6 Å². The van der Waals surface area contributed by atoms with Gasteiger partial charge in [0.2, 0.25) is 0 Å². The molecule has 0 spiro atoms. The Morgan fingerprint density at radius 3 is 2.60 bits per heavy atom. The van der Waals surface area contributed by atoms with Gasteiger partial charge in [0.1, 0.15) is 5.69 Å². The van der Waals surface area contributed by atoms with Gasteiger partial charge in [-0.15, -0.1) is 0 Å². The monoisotopic (exact) mass is 266 g/mol. The van der Waals surface area contributed by atoms with Gasteiger partial charge in [0.15, 0.2) is 0 Å². The zero-order chi connectivity index (χ0) is 14.5. The first-order chi connectivity index (χ1) is 9.65. The minimum Gasteiger partial charge on any atom is -0.388 e. The molecule has 0 bridgehead atoms. The maximum Gasteiger partial charge on any atom is 0.276 e. The maximum absolute atomic E-state index is 12.3. The third-order valence-corrected chi connectivity index (χ3v) is 2.96. The Morgan fingerprint density at radius 1 is 1.30 bits per heavy atom. The first-order valence-electron chi connectivity index (χ1n) is 6.07. The number of aromatic nitrogens is 1. The molecular formula is C15H14N4O. The van der Waals surface area contributed by atoms with Crippen LogP contribution >= 0.6 is 0 Å². The number of carbonyl (C=O) groups is 1. The van der Waals surface area contributed by atoms with E-state index in [2.05, 4.69) is 10.3 Å². The molecule has 2 rings (SSSR count). The van der Waals surface area contributed by atoms with Crippen molar-refractivity contribution in [1.82, 2.24) is 4.98 Å². The first-order valence-corrected chi connectivity index (χ1v) is 6.07. The van der Waals surface area contributed by atoms with Crippen molar-refractivity contribution >= 4 is 17.3 Å². The van der Waals surface area contributed by atoms with Crippen molar-refractivity contribution < 1.29 is 4.79 Å². The number of hydrogen-bond donors (Lipinski definition) is 1. The van der Waals surface area contributed by atoms with Gasteiger partial charge < -0.3 is 10.2 Å². The molecule has 0 aliphatic rings. The SMILES string of the molecule is CNc1ccnc(C(=O)N(C)c2ccc(C#N)cc2)c1. The maximum atomic E-state index is 12.3. The third-order valence-electron chi connectivity index (χ3n) is 2.96. The standard InChI is InChI=1S/C15H14N4O/c1-17-12-7-8-18-14(9-12)15(20)19(2)13-5-3-11(10-16)4-6-13/h3-9H,1-2H3,(H,17,18). The molecule has 1 aromatic heterocycles. The number of hydrogen-bond acceptors (Lipinski definition) is 4. The second-order valence-corrected chi connectivity index (χ2v) is 4.20. The first kappa shape index (κ1) is 13.6. The number of nitrogens with zero attached hydrogens (tertiary/aromatic N) is 3. The zero-order valence-corrected chi connectivity index (χ0v) is 11.3. The summed E-state index contributed by atoms with van der Waals surface area (Å²) in [4.78, 5) is 17.9. The van der Waals surface area contributed by atoms with E-state index in [1.807, 2.05) is 6.07 Å². The van der Waals surface area contributed by atoms with Crippen LogP contribution in [0.4, 0.5) is 11.4 Å². The minimum absolute atomic E-state index is 0.202. The molecule has 0 saturated carbocycles. The van der Waals surface area contributed by atoms with Crippen LogP contribution in [0.1, 0.15) is 16.1 Å². The molecule has 0 aliphatic carbocycles. The molecule has 20 heavy (non-hydrogen) atoms. The molecule has 1 heterocycles. The van der Waals surface area contributed by atoms with Crippen LogP contribution in [-0.2, 0) is 0 Å². The van der Waals surface area contributed by atoms with Crippen molar-refractivity contribution in [3.05, 3.63) is 53.9 Å². The number of pyridine rings is 1. The van der Waals surface area contributed by atoms with Crippen LogP contribution in [0.25, 0.3) is 0 Å². The van der Waals surface area contributed by atoms with Crippen LogP contribution in [-0.4, -0.2) is 25.0 Å². The van der Waals surface area contributed by atoms with E-state index >= 15 is 0 Å². The van der Waals surface area contributed by atoms with E-state index in [0.29, 0.717) is 16.9 Å². The summed E-state index contributed by atoms with van der Waals surface area (Å²) in [6.45, 7) is 0. The number of amides is 1. The van der Waals surface area contributed by atoms with Gasteiger partial charge in [0.05, 0.1) is 11.6 Å².